The first-order chi connectivity index (χ1) is 4.83. The molecule has 0 aliphatic heterocycles. The Morgan fingerprint density at radius 1 is 1.80 bits per heavy atom. The average Bonchev–Trinajstić information content (AvgIpc) is 2.40. The van der Waals surface area contributed by atoms with E-state index < -0.39 is 0 Å². The Hall–Kier alpha value is -0.800. The molecule has 3 heteroatoms. The highest BCUT2D eigenvalue weighted by Gasteiger charge is 2.03. The first kappa shape index (κ1) is 7.31. The molecule has 10 heavy (non-hydrogen) atoms. The van der Waals surface area contributed by atoms with Crippen molar-refractivity contribution in [2.75, 3.05) is 0 Å². The van der Waals surface area contributed by atoms with Gasteiger partial charge >= 0.3 is 0 Å². The lowest BCUT2D eigenvalue weighted by Crippen LogP contribution is -2.07. The third kappa shape index (κ3) is 1.86. The summed E-state index contributed by atoms with van der Waals surface area (Å²) in [4.78, 5) is 4.06. The van der Waals surface area contributed by atoms with E-state index in [0.29, 0.717) is 6.42 Å². The van der Waals surface area contributed by atoms with E-state index in [-0.39, 0.29) is 6.10 Å². The molecule has 1 aromatic heterocycles. The molecule has 3 nitrogen and oxygen atoms in total. The standard InChI is InChI=1S/C7H10O3/c1-6(10-8)5-7-3-2-4-9-7/h2-4,6,8H,5H2,1H3/t6-/m1/s1. The number of furan rings is 1. The molecule has 56 valence electrons. The van der Waals surface area contributed by atoms with Crippen molar-refractivity contribution in [3.63, 3.8) is 0 Å². The lowest BCUT2D eigenvalue weighted by Gasteiger charge is -2.02. The highest BCUT2D eigenvalue weighted by atomic mass is 17.1. The van der Waals surface area contributed by atoms with Gasteiger partial charge in [0, 0.05) is 6.42 Å². The molecular formula is C7H10O3. The molecule has 0 aliphatic rings. The van der Waals surface area contributed by atoms with E-state index >= 15 is 0 Å². The van der Waals surface area contributed by atoms with Gasteiger partial charge in [-0.05, 0) is 19.1 Å². The van der Waals surface area contributed by atoms with Crippen molar-refractivity contribution < 1.29 is 14.6 Å². The Balaban J connectivity index is 2.40. The summed E-state index contributed by atoms with van der Waals surface area (Å²) in [5, 5.41) is 8.19. The number of hydrogen-bond acceptors (Lipinski definition) is 3. The van der Waals surface area contributed by atoms with E-state index in [4.69, 9.17) is 9.67 Å². The third-order valence-corrected chi connectivity index (χ3v) is 1.25. The molecule has 1 atom stereocenters. The van der Waals surface area contributed by atoms with Crippen LogP contribution in [0.15, 0.2) is 22.8 Å². The topological polar surface area (TPSA) is 42.6 Å². The molecule has 0 saturated carbocycles. The molecule has 0 amide bonds. The molecular weight excluding hydrogens is 132 g/mol. The van der Waals surface area contributed by atoms with Gasteiger partial charge in [0.25, 0.3) is 0 Å². The van der Waals surface area contributed by atoms with Crippen molar-refractivity contribution >= 4 is 0 Å². The van der Waals surface area contributed by atoms with Crippen LogP contribution in [0.5, 0.6) is 0 Å². The second-order valence-electron chi connectivity index (χ2n) is 2.20. The van der Waals surface area contributed by atoms with Gasteiger partial charge < -0.3 is 4.42 Å². The van der Waals surface area contributed by atoms with Gasteiger partial charge in [0.2, 0.25) is 0 Å². The Morgan fingerprint density at radius 3 is 3.10 bits per heavy atom. The smallest absolute Gasteiger partial charge is 0.106 e. The predicted octanol–water partition coefficient (Wildman–Crippen LogP) is 1.70. The summed E-state index contributed by atoms with van der Waals surface area (Å²) in [7, 11) is 0. The first-order valence-electron chi connectivity index (χ1n) is 3.15. The monoisotopic (exact) mass is 142 g/mol. The summed E-state index contributed by atoms with van der Waals surface area (Å²) in [5.41, 5.74) is 0. The fourth-order valence-corrected chi connectivity index (χ4v) is 0.749. The van der Waals surface area contributed by atoms with Gasteiger partial charge in [0.05, 0.1) is 12.4 Å². The number of rotatable bonds is 3. The minimum absolute atomic E-state index is 0.203. The normalized spacial score (nSPS) is 13.4. The van der Waals surface area contributed by atoms with Crippen molar-refractivity contribution in [3.05, 3.63) is 24.2 Å². The summed E-state index contributed by atoms with van der Waals surface area (Å²) in [6.07, 6.45) is 1.99. The SMILES string of the molecule is C[C@H](Cc1ccco1)OO. The van der Waals surface area contributed by atoms with Gasteiger partial charge in [0.1, 0.15) is 5.76 Å². The molecule has 0 unspecified atom stereocenters. The highest BCUT2D eigenvalue weighted by Crippen LogP contribution is 2.04. The summed E-state index contributed by atoms with van der Waals surface area (Å²) in [6, 6.07) is 3.65. The maximum absolute atomic E-state index is 8.19. The molecule has 0 aliphatic carbocycles. The van der Waals surface area contributed by atoms with Gasteiger partial charge in [-0.25, -0.2) is 4.89 Å². The molecule has 0 bridgehead atoms. The van der Waals surface area contributed by atoms with Crippen molar-refractivity contribution in [1.29, 1.82) is 0 Å². The Labute approximate surface area is 59.2 Å². The zero-order valence-electron chi connectivity index (χ0n) is 5.78. The van der Waals surface area contributed by atoms with Crippen LogP contribution < -0.4 is 0 Å². The fraction of sp³-hybridized carbons (Fsp3) is 0.429. The highest BCUT2D eigenvalue weighted by molar-refractivity contribution is 4.98. The Morgan fingerprint density at radius 2 is 2.60 bits per heavy atom. The second-order valence-corrected chi connectivity index (χ2v) is 2.20. The molecule has 0 fully saturated rings. The third-order valence-electron chi connectivity index (χ3n) is 1.25. The van der Waals surface area contributed by atoms with Crippen LogP contribution in [0.1, 0.15) is 12.7 Å². The van der Waals surface area contributed by atoms with Gasteiger partial charge in [-0.1, -0.05) is 0 Å². The molecule has 0 aromatic carbocycles. The summed E-state index contributed by atoms with van der Waals surface area (Å²) in [6.45, 7) is 1.77. The van der Waals surface area contributed by atoms with Gasteiger partial charge in [-0.2, -0.15) is 0 Å². The van der Waals surface area contributed by atoms with Crippen LogP contribution >= 0.6 is 0 Å². The van der Waals surface area contributed by atoms with Crippen molar-refractivity contribution in [3.8, 4) is 0 Å². The Kier molecular flexibility index (Phi) is 2.48. The summed E-state index contributed by atoms with van der Waals surface area (Å²) in [5.74, 6) is 0.821. The maximum Gasteiger partial charge on any atom is 0.106 e. The van der Waals surface area contributed by atoms with Crippen LogP contribution in [0.2, 0.25) is 0 Å². The minimum Gasteiger partial charge on any atom is -0.469 e. The summed E-state index contributed by atoms with van der Waals surface area (Å²) >= 11 is 0. The van der Waals surface area contributed by atoms with E-state index in [0.717, 1.165) is 5.76 Å². The predicted molar refractivity (Wildman–Crippen MR) is 35.6 cm³/mol. The molecule has 1 aromatic rings. The fourth-order valence-electron chi connectivity index (χ4n) is 0.749. The zero-order chi connectivity index (χ0) is 7.40. The van der Waals surface area contributed by atoms with Crippen molar-refractivity contribution in [1.82, 2.24) is 0 Å². The minimum atomic E-state index is -0.203. The molecule has 1 rings (SSSR count). The van der Waals surface area contributed by atoms with E-state index in [1.54, 1.807) is 19.3 Å². The first-order valence-corrected chi connectivity index (χ1v) is 3.15. The zero-order valence-corrected chi connectivity index (χ0v) is 5.78. The maximum atomic E-state index is 8.19. The molecule has 1 heterocycles. The van der Waals surface area contributed by atoms with Gasteiger partial charge in [-0.15, -0.1) is 0 Å². The number of hydrogen-bond donors (Lipinski definition) is 1. The lowest BCUT2D eigenvalue weighted by molar-refractivity contribution is -0.273. The average molecular weight is 142 g/mol. The quantitative estimate of drug-likeness (QED) is 0.516. The molecule has 0 spiro atoms. The largest absolute Gasteiger partial charge is 0.469 e. The molecule has 0 radical (unpaired) electrons. The van der Waals surface area contributed by atoms with Crippen molar-refractivity contribution in [2.24, 2.45) is 0 Å². The van der Waals surface area contributed by atoms with Crippen LogP contribution in [0, 0.1) is 0 Å². The lowest BCUT2D eigenvalue weighted by atomic mass is 10.2. The van der Waals surface area contributed by atoms with Crippen LogP contribution in [0.25, 0.3) is 0 Å². The van der Waals surface area contributed by atoms with Gasteiger partial charge in [0.15, 0.2) is 0 Å². The van der Waals surface area contributed by atoms with Crippen LogP contribution in [-0.2, 0) is 11.3 Å². The van der Waals surface area contributed by atoms with Crippen LogP contribution in [0.3, 0.4) is 0 Å². The summed E-state index contributed by atoms with van der Waals surface area (Å²) < 4.78 is 5.01. The molecule has 1 N–H and O–H groups in total. The second kappa shape index (κ2) is 3.39. The Bertz CT molecular complexity index is 169. The van der Waals surface area contributed by atoms with Crippen molar-refractivity contribution in [2.45, 2.75) is 19.4 Å². The van der Waals surface area contributed by atoms with E-state index in [9.17, 15) is 0 Å². The van der Waals surface area contributed by atoms with Crippen LogP contribution in [-0.4, -0.2) is 11.4 Å². The van der Waals surface area contributed by atoms with E-state index in [1.165, 1.54) is 0 Å². The van der Waals surface area contributed by atoms with E-state index in [1.807, 2.05) is 6.07 Å². The van der Waals surface area contributed by atoms with Crippen LogP contribution in [0.4, 0.5) is 0 Å². The molecule has 0 saturated heterocycles. The van der Waals surface area contributed by atoms with Gasteiger partial charge in [-0.3, -0.25) is 5.26 Å². The van der Waals surface area contributed by atoms with E-state index in [2.05, 4.69) is 4.89 Å².